The van der Waals surface area contributed by atoms with Crippen molar-refractivity contribution in [1.29, 1.82) is 0 Å². The minimum Gasteiger partial charge on any atom is -0.358 e. The zero-order chi connectivity index (χ0) is 14.9. The smallest absolute Gasteiger partial charge is 0.291 e. The van der Waals surface area contributed by atoms with E-state index in [1.807, 2.05) is 19.2 Å². The molecule has 8 heteroatoms. The third kappa shape index (κ3) is 2.80. The summed E-state index contributed by atoms with van der Waals surface area (Å²) in [4.78, 5) is 18.9. The number of pyridine rings is 1. The van der Waals surface area contributed by atoms with E-state index in [4.69, 9.17) is 0 Å². The largest absolute Gasteiger partial charge is 0.358 e. The Kier molecular flexibility index (Phi) is 4.05. The van der Waals surface area contributed by atoms with E-state index in [-0.39, 0.29) is 5.69 Å². The van der Waals surface area contributed by atoms with Gasteiger partial charge in [-0.05, 0) is 36.7 Å². The molecule has 0 unspecified atom stereocenters. The predicted molar refractivity (Wildman–Crippen MR) is 82.1 cm³/mol. The molecule has 0 saturated carbocycles. The van der Waals surface area contributed by atoms with E-state index in [0.29, 0.717) is 15.9 Å². The van der Waals surface area contributed by atoms with Gasteiger partial charge in [-0.2, -0.15) is 0 Å². The van der Waals surface area contributed by atoms with Crippen molar-refractivity contribution >= 4 is 38.8 Å². The predicted octanol–water partition coefficient (Wildman–Crippen LogP) is 3.86. The van der Waals surface area contributed by atoms with E-state index in [2.05, 4.69) is 31.2 Å². The first-order valence-electron chi connectivity index (χ1n) is 5.80. The number of anilines is 1. The molecule has 0 aliphatic heterocycles. The molecule has 0 bridgehead atoms. The van der Waals surface area contributed by atoms with Crippen LogP contribution in [0.4, 0.5) is 11.5 Å². The first-order chi connectivity index (χ1) is 9.33. The van der Waals surface area contributed by atoms with E-state index in [1.54, 1.807) is 24.5 Å². The fourth-order valence-corrected chi connectivity index (χ4v) is 2.84. The fourth-order valence-electron chi connectivity index (χ4n) is 1.72. The molecule has 2 heterocycles. The number of nitrogens with one attached hydrogen (secondary N) is 1. The number of nitrogens with zero attached hydrogens (tertiary/aromatic N) is 3. The molecular weight excluding hydrogens is 344 g/mol. The average molecular weight is 357 g/mol. The Morgan fingerprint density at radius 1 is 1.45 bits per heavy atom. The number of rotatable bonds is 4. The summed E-state index contributed by atoms with van der Waals surface area (Å²) in [6.07, 6.45) is 3.01. The van der Waals surface area contributed by atoms with Crippen LogP contribution >= 0.6 is 27.3 Å². The first kappa shape index (κ1) is 14.9. The summed E-state index contributed by atoms with van der Waals surface area (Å²) >= 11 is 4.91. The highest BCUT2D eigenvalue weighted by Gasteiger charge is 2.26. The highest BCUT2D eigenvalue weighted by molar-refractivity contribution is 9.10. The summed E-state index contributed by atoms with van der Waals surface area (Å²) in [5, 5.41) is 17.0. The van der Waals surface area contributed by atoms with Gasteiger partial charge in [0.2, 0.25) is 0 Å². The van der Waals surface area contributed by atoms with Gasteiger partial charge in [0.05, 0.1) is 14.9 Å². The zero-order valence-electron chi connectivity index (χ0n) is 11.2. The lowest BCUT2D eigenvalue weighted by Crippen LogP contribution is -2.28. The quantitative estimate of drug-likeness (QED) is 0.664. The van der Waals surface area contributed by atoms with Crippen molar-refractivity contribution in [3.63, 3.8) is 0 Å². The van der Waals surface area contributed by atoms with Crippen molar-refractivity contribution in [3.05, 3.63) is 42.9 Å². The van der Waals surface area contributed by atoms with E-state index < -0.39 is 10.5 Å². The molecule has 2 aromatic rings. The van der Waals surface area contributed by atoms with Gasteiger partial charge in [-0.15, -0.1) is 11.3 Å². The highest BCUT2D eigenvalue weighted by atomic mass is 79.9. The monoisotopic (exact) mass is 356 g/mol. The Bertz CT molecular complexity index is 643. The van der Waals surface area contributed by atoms with Gasteiger partial charge < -0.3 is 5.32 Å². The second kappa shape index (κ2) is 5.45. The van der Waals surface area contributed by atoms with E-state index >= 15 is 0 Å². The van der Waals surface area contributed by atoms with Gasteiger partial charge in [-0.25, -0.2) is 9.97 Å². The molecule has 0 radical (unpaired) electrons. The lowest BCUT2D eigenvalue weighted by Gasteiger charge is -2.25. The summed E-state index contributed by atoms with van der Waals surface area (Å²) in [7, 11) is 0. The van der Waals surface area contributed by atoms with Crippen LogP contribution in [0.25, 0.3) is 0 Å². The van der Waals surface area contributed by atoms with Gasteiger partial charge in [0, 0.05) is 17.1 Å². The van der Waals surface area contributed by atoms with E-state index in [1.165, 1.54) is 6.20 Å². The van der Waals surface area contributed by atoms with E-state index in [9.17, 15) is 10.1 Å². The molecule has 2 aromatic heterocycles. The second-order valence-electron chi connectivity index (χ2n) is 4.78. The molecule has 0 spiro atoms. The zero-order valence-corrected chi connectivity index (χ0v) is 13.6. The maximum Gasteiger partial charge on any atom is 0.291 e. The van der Waals surface area contributed by atoms with Crippen molar-refractivity contribution in [3.8, 4) is 0 Å². The Balaban J connectivity index is 2.36. The van der Waals surface area contributed by atoms with Gasteiger partial charge >= 0.3 is 0 Å². The van der Waals surface area contributed by atoms with Crippen LogP contribution in [0.3, 0.4) is 0 Å². The molecule has 20 heavy (non-hydrogen) atoms. The van der Waals surface area contributed by atoms with Crippen molar-refractivity contribution in [2.45, 2.75) is 26.3 Å². The van der Waals surface area contributed by atoms with Crippen LogP contribution in [0, 0.1) is 17.0 Å². The molecule has 6 nitrogen and oxygen atoms in total. The Hall–Kier alpha value is -1.54. The Morgan fingerprint density at radius 2 is 2.15 bits per heavy atom. The van der Waals surface area contributed by atoms with Crippen molar-refractivity contribution in [1.82, 2.24) is 9.97 Å². The summed E-state index contributed by atoms with van der Waals surface area (Å²) in [5.41, 5.74) is 0.128. The molecular formula is C12H13BrN4O2S. The molecule has 106 valence electrons. The molecule has 1 N–H and O–H groups in total. The number of thiazole rings is 1. The van der Waals surface area contributed by atoms with Crippen LogP contribution in [0.5, 0.6) is 0 Å². The van der Waals surface area contributed by atoms with Gasteiger partial charge in [-0.1, -0.05) is 0 Å². The molecule has 0 aromatic carbocycles. The van der Waals surface area contributed by atoms with Crippen molar-refractivity contribution in [2.75, 3.05) is 5.32 Å². The summed E-state index contributed by atoms with van der Waals surface area (Å²) in [6.45, 7) is 5.65. The third-order valence-electron chi connectivity index (χ3n) is 2.83. The first-order valence-corrected chi connectivity index (χ1v) is 7.48. The molecule has 0 atom stereocenters. The topological polar surface area (TPSA) is 81.0 Å². The molecule has 0 saturated heterocycles. The second-order valence-corrected chi connectivity index (χ2v) is 6.46. The molecule has 0 aliphatic rings. The number of halogens is 1. The van der Waals surface area contributed by atoms with Gasteiger partial charge in [0.25, 0.3) is 5.69 Å². The van der Waals surface area contributed by atoms with Crippen molar-refractivity contribution in [2.24, 2.45) is 0 Å². The third-order valence-corrected chi connectivity index (χ3v) is 4.90. The lowest BCUT2D eigenvalue weighted by molar-refractivity contribution is -0.385. The van der Waals surface area contributed by atoms with Crippen LogP contribution < -0.4 is 5.32 Å². The van der Waals surface area contributed by atoms with E-state index in [0.717, 1.165) is 5.01 Å². The standard InChI is InChI=1S/C12H13BrN4O2S/c1-7-8(17(18)19)6-15-10(9(7)13)16-12(2,3)11-14-4-5-20-11/h4-6H,1-3H3,(H,15,16). The van der Waals surface area contributed by atoms with Gasteiger partial charge in [0.1, 0.15) is 17.0 Å². The van der Waals surface area contributed by atoms with Crippen molar-refractivity contribution < 1.29 is 4.92 Å². The average Bonchev–Trinajstić information content (AvgIpc) is 2.89. The highest BCUT2D eigenvalue weighted by Crippen LogP contribution is 2.34. The number of hydrogen-bond acceptors (Lipinski definition) is 6. The Labute approximate surface area is 128 Å². The van der Waals surface area contributed by atoms with Gasteiger partial charge in [0.15, 0.2) is 0 Å². The number of aromatic nitrogens is 2. The lowest BCUT2D eigenvalue weighted by atomic mass is 10.1. The summed E-state index contributed by atoms with van der Waals surface area (Å²) in [5.74, 6) is 0.563. The Morgan fingerprint density at radius 3 is 2.70 bits per heavy atom. The SMILES string of the molecule is Cc1c([N+](=O)[O-])cnc(NC(C)(C)c2nccs2)c1Br. The van der Waals surface area contributed by atoms with Crippen LogP contribution in [0.1, 0.15) is 24.4 Å². The maximum atomic E-state index is 10.9. The van der Waals surface area contributed by atoms with Gasteiger partial charge in [-0.3, -0.25) is 10.1 Å². The molecule has 0 amide bonds. The molecule has 2 rings (SSSR count). The van der Waals surface area contributed by atoms with Crippen LogP contribution in [0.2, 0.25) is 0 Å². The maximum absolute atomic E-state index is 10.9. The minimum atomic E-state index is -0.442. The van der Waals surface area contributed by atoms with Crippen LogP contribution in [-0.2, 0) is 5.54 Å². The molecule has 0 fully saturated rings. The summed E-state index contributed by atoms with van der Waals surface area (Å²) in [6, 6.07) is 0. The normalized spacial score (nSPS) is 11.4. The van der Waals surface area contributed by atoms with Crippen LogP contribution in [0.15, 0.2) is 22.2 Å². The summed E-state index contributed by atoms with van der Waals surface area (Å²) < 4.78 is 0.594. The number of hydrogen-bond donors (Lipinski definition) is 1. The fraction of sp³-hybridized carbons (Fsp3) is 0.333. The minimum absolute atomic E-state index is 0.00511. The van der Waals surface area contributed by atoms with Crippen LogP contribution in [-0.4, -0.2) is 14.9 Å². The molecule has 0 aliphatic carbocycles. The number of nitro groups is 1.